The number of hydrogen-bond acceptors (Lipinski definition) is 4. The topological polar surface area (TPSA) is 64.2 Å². The lowest BCUT2D eigenvalue weighted by Crippen LogP contribution is -2.14. The van der Waals surface area contributed by atoms with Crippen LogP contribution in [0.3, 0.4) is 0 Å². The van der Waals surface area contributed by atoms with Gasteiger partial charge in [-0.25, -0.2) is 0 Å². The minimum atomic E-state index is -0.718. The molecule has 0 saturated carbocycles. The second-order valence-electron chi connectivity index (χ2n) is 3.92. The molecule has 0 saturated heterocycles. The van der Waals surface area contributed by atoms with Crippen LogP contribution in [0.4, 0.5) is 0 Å². The Morgan fingerprint density at radius 1 is 1.17 bits per heavy atom. The van der Waals surface area contributed by atoms with Crippen molar-refractivity contribution in [2.45, 2.75) is 11.0 Å². The molecule has 0 bridgehead atoms. The van der Waals surface area contributed by atoms with Crippen molar-refractivity contribution in [3.8, 4) is 6.07 Å². The molecule has 2 aromatic rings. The minimum Gasteiger partial charge on any atom is -0.394 e. The Labute approximate surface area is 110 Å². The van der Waals surface area contributed by atoms with E-state index in [1.54, 1.807) is 6.07 Å². The Hall–Kier alpha value is -1.54. The van der Waals surface area contributed by atoms with Crippen molar-refractivity contribution in [2.24, 2.45) is 0 Å². The highest BCUT2D eigenvalue weighted by atomic mass is 32.2. The number of nitrogens with zero attached hydrogens (tertiary/aromatic N) is 1. The number of aliphatic hydroxyl groups is 2. The molecule has 2 N–H and O–H groups in total. The second-order valence-corrected chi connectivity index (χ2v) is 4.98. The first-order valence-corrected chi connectivity index (χ1v) is 6.58. The van der Waals surface area contributed by atoms with Crippen molar-refractivity contribution in [2.75, 3.05) is 12.4 Å². The van der Waals surface area contributed by atoms with Crippen molar-refractivity contribution < 1.29 is 10.2 Å². The van der Waals surface area contributed by atoms with E-state index in [0.29, 0.717) is 11.3 Å². The summed E-state index contributed by atoms with van der Waals surface area (Å²) in [4.78, 5) is 1.01. The molecule has 92 valence electrons. The van der Waals surface area contributed by atoms with E-state index in [1.165, 1.54) is 11.8 Å². The Balaban J connectivity index is 2.38. The fourth-order valence-corrected chi connectivity index (χ4v) is 2.71. The van der Waals surface area contributed by atoms with Gasteiger partial charge in [0.15, 0.2) is 0 Å². The van der Waals surface area contributed by atoms with E-state index in [9.17, 15) is 5.11 Å². The summed E-state index contributed by atoms with van der Waals surface area (Å²) in [6, 6.07) is 13.6. The molecule has 4 heteroatoms. The first kappa shape index (κ1) is 12.9. The highest BCUT2D eigenvalue weighted by Crippen LogP contribution is 2.30. The molecule has 0 heterocycles. The van der Waals surface area contributed by atoms with Crippen LogP contribution in [-0.4, -0.2) is 28.7 Å². The third kappa shape index (κ3) is 2.65. The zero-order chi connectivity index (χ0) is 13.0. The van der Waals surface area contributed by atoms with Gasteiger partial charge in [0, 0.05) is 16.0 Å². The molecule has 3 nitrogen and oxygen atoms in total. The Bertz CT molecular complexity index is 592. The van der Waals surface area contributed by atoms with Gasteiger partial charge in [0.25, 0.3) is 0 Å². The van der Waals surface area contributed by atoms with Crippen LogP contribution in [0.5, 0.6) is 0 Å². The van der Waals surface area contributed by atoms with Crippen LogP contribution in [-0.2, 0) is 0 Å². The highest BCUT2D eigenvalue weighted by molar-refractivity contribution is 7.99. The quantitative estimate of drug-likeness (QED) is 0.826. The van der Waals surface area contributed by atoms with Gasteiger partial charge in [0.1, 0.15) is 0 Å². The number of rotatable bonds is 4. The Morgan fingerprint density at radius 3 is 2.56 bits per heavy atom. The molecular weight excluding hydrogens is 246 g/mol. The summed E-state index contributed by atoms with van der Waals surface area (Å²) in [6.07, 6.45) is -0.718. The molecule has 18 heavy (non-hydrogen) atoms. The summed E-state index contributed by atoms with van der Waals surface area (Å²) >= 11 is 1.48. The summed E-state index contributed by atoms with van der Waals surface area (Å²) in [6.45, 7) is -0.235. The monoisotopic (exact) mass is 259 g/mol. The van der Waals surface area contributed by atoms with Crippen molar-refractivity contribution in [1.29, 1.82) is 5.26 Å². The van der Waals surface area contributed by atoms with Crippen molar-refractivity contribution in [1.82, 2.24) is 0 Å². The fraction of sp³-hybridized carbons (Fsp3) is 0.214. The molecule has 0 amide bonds. The molecule has 2 aromatic carbocycles. The molecule has 2 rings (SSSR count). The maximum absolute atomic E-state index is 9.37. The Kier molecular flexibility index (Phi) is 4.21. The standard InChI is InChI=1S/C14H13NO2S/c15-7-10-5-6-14(18-9-11(17)8-16)13-4-2-1-3-12(10)13/h1-6,11,16-17H,8-9H2. The van der Waals surface area contributed by atoms with Gasteiger partial charge in [0.2, 0.25) is 0 Å². The molecule has 1 unspecified atom stereocenters. The maximum Gasteiger partial charge on any atom is 0.0998 e. The van der Waals surface area contributed by atoms with Crippen molar-refractivity contribution in [3.05, 3.63) is 42.0 Å². The second kappa shape index (κ2) is 5.87. The van der Waals surface area contributed by atoms with Gasteiger partial charge in [0.05, 0.1) is 24.3 Å². The number of nitriles is 1. The van der Waals surface area contributed by atoms with Crippen LogP contribution < -0.4 is 0 Å². The largest absolute Gasteiger partial charge is 0.394 e. The van der Waals surface area contributed by atoms with Crippen LogP contribution >= 0.6 is 11.8 Å². The summed E-state index contributed by atoms with van der Waals surface area (Å²) in [7, 11) is 0. The fourth-order valence-electron chi connectivity index (χ4n) is 1.73. The maximum atomic E-state index is 9.37. The first-order valence-electron chi connectivity index (χ1n) is 5.60. The molecular formula is C14H13NO2S. The molecule has 0 fully saturated rings. The normalized spacial score (nSPS) is 12.3. The smallest absolute Gasteiger partial charge is 0.0998 e. The molecule has 0 radical (unpaired) electrons. The molecule has 0 aliphatic heterocycles. The number of benzene rings is 2. The molecule has 0 spiro atoms. The lowest BCUT2D eigenvalue weighted by Gasteiger charge is -2.09. The summed E-state index contributed by atoms with van der Waals surface area (Å²) in [5.74, 6) is 0.437. The van der Waals surface area contributed by atoms with Crippen LogP contribution in [0.15, 0.2) is 41.3 Å². The van der Waals surface area contributed by atoms with Gasteiger partial charge in [-0.15, -0.1) is 11.8 Å². The van der Waals surface area contributed by atoms with E-state index in [2.05, 4.69) is 6.07 Å². The summed E-state index contributed by atoms with van der Waals surface area (Å²) in [5, 5.41) is 29.1. The molecule has 0 aliphatic rings. The van der Waals surface area contributed by atoms with E-state index in [4.69, 9.17) is 10.4 Å². The van der Waals surface area contributed by atoms with Gasteiger partial charge in [-0.1, -0.05) is 24.3 Å². The van der Waals surface area contributed by atoms with Gasteiger partial charge in [-0.05, 0) is 17.5 Å². The number of thioether (sulfide) groups is 1. The molecule has 0 aliphatic carbocycles. The number of fused-ring (bicyclic) bond motifs is 1. The average Bonchev–Trinajstić information content (AvgIpc) is 2.44. The number of aliphatic hydroxyl groups excluding tert-OH is 2. The van der Waals surface area contributed by atoms with E-state index in [0.717, 1.165) is 15.7 Å². The first-order chi connectivity index (χ1) is 8.76. The van der Waals surface area contributed by atoms with Crippen molar-refractivity contribution >= 4 is 22.5 Å². The van der Waals surface area contributed by atoms with E-state index >= 15 is 0 Å². The van der Waals surface area contributed by atoms with Crippen molar-refractivity contribution in [3.63, 3.8) is 0 Å². The van der Waals surface area contributed by atoms with E-state index in [-0.39, 0.29) is 6.61 Å². The lowest BCUT2D eigenvalue weighted by atomic mass is 10.1. The van der Waals surface area contributed by atoms with Gasteiger partial charge >= 0.3 is 0 Å². The summed E-state index contributed by atoms with van der Waals surface area (Å²) < 4.78 is 0. The predicted molar refractivity (Wildman–Crippen MR) is 72.5 cm³/mol. The Morgan fingerprint density at radius 2 is 1.89 bits per heavy atom. The minimum absolute atomic E-state index is 0.235. The molecule has 1 atom stereocenters. The van der Waals surface area contributed by atoms with Gasteiger partial charge < -0.3 is 10.2 Å². The number of hydrogen-bond donors (Lipinski definition) is 2. The van der Waals surface area contributed by atoms with E-state index < -0.39 is 6.10 Å². The van der Waals surface area contributed by atoms with Crippen LogP contribution in [0.2, 0.25) is 0 Å². The van der Waals surface area contributed by atoms with E-state index in [1.807, 2.05) is 30.3 Å². The SMILES string of the molecule is N#Cc1ccc(SCC(O)CO)c2ccccc12. The molecule has 0 aromatic heterocycles. The average molecular weight is 259 g/mol. The third-order valence-electron chi connectivity index (χ3n) is 2.65. The third-order valence-corrected chi connectivity index (χ3v) is 3.86. The zero-order valence-corrected chi connectivity index (χ0v) is 10.5. The van der Waals surface area contributed by atoms with Crippen LogP contribution in [0.1, 0.15) is 5.56 Å². The van der Waals surface area contributed by atoms with Gasteiger partial charge in [-0.3, -0.25) is 0 Å². The predicted octanol–water partition coefficient (Wildman–Crippen LogP) is 2.16. The van der Waals surface area contributed by atoms with Crippen LogP contribution in [0.25, 0.3) is 10.8 Å². The van der Waals surface area contributed by atoms with Gasteiger partial charge in [-0.2, -0.15) is 5.26 Å². The van der Waals surface area contributed by atoms with Crippen LogP contribution in [0, 0.1) is 11.3 Å². The highest BCUT2D eigenvalue weighted by Gasteiger charge is 2.08. The zero-order valence-electron chi connectivity index (χ0n) is 9.71. The summed E-state index contributed by atoms with van der Waals surface area (Å²) in [5.41, 5.74) is 0.651. The lowest BCUT2D eigenvalue weighted by molar-refractivity contribution is 0.113.